The summed E-state index contributed by atoms with van der Waals surface area (Å²) in [6.45, 7) is 1.61. The third kappa shape index (κ3) is 3.87. The Bertz CT molecular complexity index is 498. The number of hydrogen-bond donors (Lipinski definition) is 2. The Labute approximate surface area is 121 Å². The highest BCUT2D eigenvalue weighted by Gasteiger charge is 2.34. The molecule has 0 unspecified atom stereocenters. The number of halogens is 3. The van der Waals surface area contributed by atoms with E-state index in [2.05, 4.69) is 10.6 Å². The van der Waals surface area contributed by atoms with Crippen LogP contribution in [0.5, 0.6) is 0 Å². The summed E-state index contributed by atoms with van der Waals surface area (Å²) >= 11 is 0. The molecule has 2 N–H and O–H groups in total. The maximum absolute atomic E-state index is 12.9. The number of nitrogens with one attached hydrogen (secondary N) is 2. The number of urea groups is 1. The van der Waals surface area contributed by atoms with Crippen LogP contribution in [0, 0.1) is 0 Å². The van der Waals surface area contributed by atoms with E-state index in [1.165, 1.54) is 23.1 Å². The van der Waals surface area contributed by atoms with Crippen LogP contribution in [0.25, 0.3) is 0 Å². The highest BCUT2D eigenvalue weighted by atomic mass is 19.4. The van der Waals surface area contributed by atoms with Gasteiger partial charge in [-0.15, -0.1) is 0 Å². The second kappa shape index (κ2) is 6.34. The lowest BCUT2D eigenvalue weighted by molar-refractivity contribution is -0.136. The second-order valence-corrected chi connectivity index (χ2v) is 5.07. The van der Waals surface area contributed by atoms with Gasteiger partial charge < -0.3 is 15.5 Å². The van der Waals surface area contributed by atoms with E-state index in [4.69, 9.17) is 0 Å². The van der Waals surface area contributed by atoms with E-state index >= 15 is 0 Å². The van der Waals surface area contributed by atoms with Gasteiger partial charge in [-0.25, -0.2) is 4.79 Å². The highest BCUT2D eigenvalue weighted by Crippen LogP contribution is 2.34. The minimum absolute atomic E-state index is 0.0456. The molecule has 1 aliphatic rings. The maximum Gasteiger partial charge on any atom is 0.418 e. The molecular weight excluding hydrogens is 283 g/mol. The molecule has 1 heterocycles. The molecule has 4 nitrogen and oxygen atoms in total. The number of alkyl halides is 3. The van der Waals surface area contributed by atoms with Crippen LogP contribution in [0.4, 0.5) is 23.7 Å². The quantitative estimate of drug-likeness (QED) is 0.882. The van der Waals surface area contributed by atoms with Crippen LogP contribution in [0.1, 0.15) is 18.4 Å². The minimum atomic E-state index is -4.49. The van der Waals surface area contributed by atoms with Gasteiger partial charge in [0, 0.05) is 13.1 Å². The number of benzene rings is 1. The molecule has 7 heteroatoms. The molecule has 116 valence electrons. The predicted octanol–water partition coefficient (Wildman–Crippen LogP) is 2.92. The van der Waals surface area contributed by atoms with Crippen molar-refractivity contribution < 1.29 is 18.0 Å². The lowest BCUT2D eigenvalue weighted by Crippen LogP contribution is -2.45. The molecule has 2 amide bonds. The largest absolute Gasteiger partial charge is 0.418 e. The van der Waals surface area contributed by atoms with Crippen molar-refractivity contribution in [2.45, 2.75) is 25.1 Å². The molecule has 2 rings (SSSR count). The van der Waals surface area contributed by atoms with E-state index in [-0.39, 0.29) is 11.7 Å². The first-order valence-corrected chi connectivity index (χ1v) is 6.80. The smallest absolute Gasteiger partial charge is 0.325 e. The van der Waals surface area contributed by atoms with Crippen LogP contribution in [-0.4, -0.2) is 37.1 Å². The Hall–Kier alpha value is -1.76. The van der Waals surface area contributed by atoms with Gasteiger partial charge in [-0.1, -0.05) is 12.1 Å². The molecule has 21 heavy (non-hydrogen) atoms. The standard InChI is InChI=1S/C14H18F3N3O/c1-20(10-6-8-18-9-7-10)13(21)19-12-5-3-2-4-11(12)14(15,16)17/h2-5,10,18H,6-9H2,1H3,(H,19,21). The molecule has 0 bridgehead atoms. The third-order valence-electron chi connectivity index (χ3n) is 3.65. The van der Waals surface area contributed by atoms with Gasteiger partial charge in [0.2, 0.25) is 0 Å². The Balaban J connectivity index is 2.09. The summed E-state index contributed by atoms with van der Waals surface area (Å²) in [6.07, 6.45) is -2.90. The number of anilines is 1. The van der Waals surface area contributed by atoms with Crippen molar-refractivity contribution in [3.8, 4) is 0 Å². The zero-order chi connectivity index (χ0) is 15.5. The van der Waals surface area contributed by atoms with Crippen molar-refractivity contribution in [1.82, 2.24) is 10.2 Å². The van der Waals surface area contributed by atoms with Crippen LogP contribution in [0.3, 0.4) is 0 Å². The zero-order valence-electron chi connectivity index (χ0n) is 11.7. The summed E-state index contributed by atoms with van der Waals surface area (Å²) in [5.74, 6) is 0. The van der Waals surface area contributed by atoms with E-state index < -0.39 is 17.8 Å². The van der Waals surface area contributed by atoms with E-state index in [1.54, 1.807) is 7.05 Å². The first-order chi connectivity index (χ1) is 9.89. The maximum atomic E-state index is 12.9. The minimum Gasteiger partial charge on any atom is -0.325 e. The summed E-state index contributed by atoms with van der Waals surface area (Å²) in [7, 11) is 1.61. The van der Waals surface area contributed by atoms with Gasteiger partial charge in [-0.05, 0) is 38.1 Å². The Morgan fingerprint density at radius 3 is 2.52 bits per heavy atom. The molecule has 1 saturated heterocycles. The van der Waals surface area contributed by atoms with Crippen molar-refractivity contribution in [3.63, 3.8) is 0 Å². The average molecular weight is 301 g/mol. The van der Waals surface area contributed by atoms with E-state index in [9.17, 15) is 18.0 Å². The molecule has 0 aliphatic carbocycles. The highest BCUT2D eigenvalue weighted by molar-refractivity contribution is 5.90. The number of para-hydroxylation sites is 1. The van der Waals surface area contributed by atoms with E-state index in [0.29, 0.717) is 0 Å². The fourth-order valence-electron chi connectivity index (χ4n) is 2.40. The van der Waals surface area contributed by atoms with Crippen molar-refractivity contribution in [2.24, 2.45) is 0 Å². The summed E-state index contributed by atoms with van der Waals surface area (Å²) in [5, 5.41) is 5.54. The summed E-state index contributed by atoms with van der Waals surface area (Å²) in [5.41, 5.74) is -1.05. The molecule has 0 spiro atoms. The summed E-state index contributed by atoms with van der Waals surface area (Å²) < 4.78 is 38.6. The van der Waals surface area contributed by atoms with Gasteiger partial charge >= 0.3 is 12.2 Å². The number of amides is 2. The van der Waals surface area contributed by atoms with Crippen molar-refractivity contribution in [3.05, 3.63) is 29.8 Å². The Morgan fingerprint density at radius 2 is 1.90 bits per heavy atom. The predicted molar refractivity (Wildman–Crippen MR) is 74.1 cm³/mol. The monoisotopic (exact) mass is 301 g/mol. The molecule has 0 atom stereocenters. The van der Waals surface area contributed by atoms with Gasteiger partial charge in [-0.3, -0.25) is 0 Å². The number of hydrogen-bond acceptors (Lipinski definition) is 2. The number of nitrogens with zero attached hydrogens (tertiary/aromatic N) is 1. The lowest BCUT2D eigenvalue weighted by atomic mass is 10.1. The van der Waals surface area contributed by atoms with Crippen LogP contribution < -0.4 is 10.6 Å². The third-order valence-corrected chi connectivity index (χ3v) is 3.65. The average Bonchev–Trinajstić information content (AvgIpc) is 2.47. The zero-order valence-corrected chi connectivity index (χ0v) is 11.7. The normalized spacial score (nSPS) is 16.6. The fraction of sp³-hybridized carbons (Fsp3) is 0.500. The molecule has 1 aromatic carbocycles. The van der Waals surface area contributed by atoms with Gasteiger partial charge in [0.1, 0.15) is 0 Å². The second-order valence-electron chi connectivity index (χ2n) is 5.07. The first-order valence-electron chi connectivity index (χ1n) is 6.80. The van der Waals surface area contributed by atoms with Crippen molar-refractivity contribution >= 4 is 11.7 Å². The molecule has 0 aromatic heterocycles. The Kier molecular flexibility index (Phi) is 4.72. The lowest BCUT2D eigenvalue weighted by Gasteiger charge is -2.31. The molecule has 1 aliphatic heterocycles. The topological polar surface area (TPSA) is 44.4 Å². The number of piperidine rings is 1. The molecule has 1 fully saturated rings. The Morgan fingerprint density at radius 1 is 1.29 bits per heavy atom. The summed E-state index contributed by atoms with van der Waals surface area (Å²) in [6, 6.07) is 4.52. The number of rotatable bonds is 2. The van der Waals surface area contributed by atoms with Gasteiger partial charge in [0.15, 0.2) is 0 Å². The van der Waals surface area contributed by atoms with Crippen LogP contribution in [-0.2, 0) is 6.18 Å². The molecule has 0 saturated carbocycles. The number of carbonyl (C=O) groups excluding carboxylic acids is 1. The van der Waals surface area contributed by atoms with E-state index in [0.717, 1.165) is 32.0 Å². The SMILES string of the molecule is CN(C(=O)Nc1ccccc1C(F)(F)F)C1CCNCC1. The van der Waals surface area contributed by atoms with Gasteiger partial charge in [-0.2, -0.15) is 13.2 Å². The van der Waals surface area contributed by atoms with Crippen LogP contribution in [0.2, 0.25) is 0 Å². The van der Waals surface area contributed by atoms with Crippen molar-refractivity contribution in [2.75, 3.05) is 25.5 Å². The number of carbonyl (C=O) groups is 1. The summed E-state index contributed by atoms with van der Waals surface area (Å²) in [4.78, 5) is 13.6. The van der Waals surface area contributed by atoms with Crippen LogP contribution >= 0.6 is 0 Å². The van der Waals surface area contributed by atoms with Crippen LogP contribution in [0.15, 0.2) is 24.3 Å². The van der Waals surface area contributed by atoms with Gasteiger partial charge in [0.25, 0.3) is 0 Å². The molecular formula is C14H18F3N3O. The van der Waals surface area contributed by atoms with Gasteiger partial charge in [0.05, 0.1) is 11.3 Å². The fourth-order valence-corrected chi connectivity index (χ4v) is 2.40. The first kappa shape index (κ1) is 15.6. The molecule has 0 radical (unpaired) electrons. The molecule has 1 aromatic rings. The van der Waals surface area contributed by atoms with Crippen molar-refractivity contribution in [1.29, 1.82) is 0 Å². The van der Waals surface area contributed by atoms with E-state index in [1.807, 2.05) is 0 Å².